The summed E-state index contributed by atoms with van der Waals surface area (Å²) >= 11 is 0. The number of hydrogen-bond acceptors (Lipinski definition) is 4. The van der Waals surface area contributed by atoms with Gasteiger partial charge in [0, 0.05) is 24.3 Å². The Bertz CT molecular complexity index is 1060. The van der Waals surface area contributed by atoms with Gasteiger partial charge in [-0.1, -0.05) is 11.6 Å². The Morgan fingerprint density at radius 2 is 1.96 bits per heavy atom. The number of pyridine rings is 2. The average Bonchev–Trinajstić information content (AvgIpc) is 3.21. The first kappa shape index (κ1) is 16.0. The maximum atomic E-state index is 12.9. The van der Waals surface area contributed by atoms with Gasteiger partial charge in [0.2, 0.25) is 0 Å². The molecule has 1 N–H and O–H groups in total. The molecule has 0 aliphatic carbocycles. The molecule has 0 unspecified atom stereocenters. The summed E-state index contributed by atoms with van der Waals surface area (Å²) in [5.41, 5.74) is 4.06. The summed E-state index contributed by atoms with van der Waals surface area (Å²) in [6, 6.07) is 15.1. The number of amides is 1. The van der Waals surface area contributed by atoms with Crippen LogP contribution in [0, 0.1) is 6.92 Å². The quantitative estimate of drug-likeness (QED) is 0.605. The van der Waals surface area contributed by atoms with E-state index in [2.05, 4.69) is 15.3 Å². The molecule has 0 fully saturated rings. The molecule has 0 aliphatic heterocycles. The highest BCUT2D eigenvalue weighted by Crippen LogP contribution is 2.26. The molecule has 1 amide bonds. The van der Waals surface area contributed by atoms with Gasteiger partial charge in [-0.25, -0.2) is 4.98 Å². The average molecular weight is 343 g/mol. The Kier molecular flexibility index (Phi) is 4.19. The van der Waals surface area contributed by atoms with Crippen LogP contribution in [0.3, 0.4) is 0 Å². The van der Waals surface area contributed by atoms with Crippen molar-refractivity contribution < 1.29 is 9.21 Å². The second-order valence-corrected chi connectivity index (χ2v) is 6.09. The van der Waals surface area contributed by atoms with Crippen molar-refractivity contribution in [3.8, 4) is 11.5 Å². The molecule has 3 aromatic heterocycles. The highest BCUT2D eigenvalue weighted by molar-refractivity contribution is 6.07. The first-order valence-corrected chi connectivity index (χ1v) is 8.33. The monoisotopic (exact) mass is 343 g/mol. The zero-order valence-corrected chi connectivity index (χ0v) is 14.3. The Hall–Kier alpha value is -3.47. The number of nitrogens with one attached hydrogen (secondary N) is 1. The predicted molar refractivity (Wildman–Crippen MR) is 99.6 cm³/mol. The summed E-state index contributed by atoms with van der Waals surface area (Å²) < 4.78 is 5.46. The number of nitrogens with zero attached hydrogens (tertiary/aromatic N) is 2. The third kappa shape index (κ3) is 3.19. The van der Waals surface area contributed by atoms with Crippen LogP contribution in [-0.2, 0) is 6.54 Å². The fraction of sp³-hybridized carbons (Fsp3) is 0.0952. The lowest BCUT2D eigenvalue weighted by molar-refractivity contribution is 0.0952. The Morgan fingerprint density at radius 3 is 2.73 bits per heavy atom. The van der Waals surface area contributed by atoms with Crippen molar-refractivity contribution in [1.29, 1.82) is 0 Å². The summed E-state index contributed by atoms with van der Waals surface area (Å²) in [6.45, 7) is 2.44. The maximum Gasteiger partial charge on any atom is 0.252 e. The fourth-order valence-electron chi connectivity index (χ4n) is 2.86. The van der Waals surface area contributed by atoms with Gasteiger partial charge in [0.1, 0.15) is 5.69 Å². The fourth-order valence-corrected chi connectivity index (χ4v) is 2.86. The number of carbonyl (C=O) groups excluding carboxylic acids is 1. The van der Waals surface area contributed by atoms with Crippen LogP contribution in [0.1, 0.15) is 21.5 Å². The number of carbonyl (C=O) groups is 1. The number of aryl methyl sites for hydroxylation is 1. The molecule has 0 spiro atoms. The third-order valence-corrected chi connectivity index (χ3v) is 4.18. The molecule has 5 nitrogen and oxygen atoms in total. The van der Waals surface area contributed by atoms with Crippen LogP contribution in [0.15, 0.2) is 71.6 Å². The lowest BCUT2D eigenvalue weighted by Gasteiger charge is -2.10. The number of aromatic nitrogens is 2. The molecule has 26 heavy (non-hydrogen) atoms. The summed E-state index contributed by atoms with van der Waals surface area (Å²) in [5, 5.41) is 3.80. The molecule has 0 saturated carbocycles. The minimum atomic E-state index is -0.146. The lowest BCUT2D eigenvalue weighted by atomic mass is 10.0. The molecule has 0 bridgehead atoms. The van der Waals surface area contributed by atoms with E-state index in [1.165, 1.54) is 0 Å². The van der Waals surface area contributed by atoms with Crippen molar-refractivity contribution in [2.24, 2.45) is 0 Å². The number of fused-ring (bicyclic) bond motifs is 1. The maximum absolute atomic E-state index is 12.9. The molecule has 5 heteroatoms. The van der Waals surface area contributed by atoms with Gasteiger partial charge in [-0.3, -0.25) is 9.78 Å². The van der Waals surface area contributed by atoms with Gasteiger partial charge in [-0.05, 0) is 55.0 Å². The van der Waals surface area contributed by atoms with Crippen molar-refractivity contribution >= 4 is 16.8 Å². The molecule has 0 atom stereocenters. The van der Waals surface area contributed by atoms with Crippen molar-refractivity contribution in [3.05, 3.63) is 83.9 Å². The topological polar surface area (TPSA) is 68.0 Å². The molecule has 0 aliphatic rings. The number of benzene rings is 1. The Labute approximate surface area is 150 Å². The predicted octanol–water partition coefficient (Wildman–Crippen LogP) is 4.13. The third-order valence-electron chi connectivity index (χ3n) is 4.18. The van der Waals surface area contributed by atoms with E-state index in [4.69, 9.17) is 4.42 Å². The van der Waals surface area contributed by atoms with E-state index in [-0.39, 0.29) is 5.91 Å². The van der Waals surface area contributed by atoms with Crippen LogP contribution < -0.4 is 5.32 Å². The zero-order chi connectivity index (χ0) is 17.9. The van der Waals surface area contributed by atoms with E-state index in [9.17, 15) is 4.79 Å². The van der Waals surface area contributed by atoms with E-state index in [1.54, 1.807) is 30.8 Å². The largest absolute Gasteiger partial charge is 0.463 e. The van der Waals surface area contributed by atoms with Gasteiger partial charge in [0.15, 0.2) is 5.76 Å². The summed E-state index contributed by atoms with van der Waals surface area (Å²) in [4.78, 5) is 21.5. The van der Waals surface area contributed by atoms with Gasteiger partial charge in [0.25, 0.3) is 5.91 Å². The van der Waals surface area contributed by atoms with E-state index in [1.807, 2.05) is 43.3 Å². The van der Waals surface area contributed by atoms with Crippen LogP contribution in [-0.4, -0.2) is 15.9 Å². The standard InChI is InChI=1S/C21H17N3O2/c1-14-4-5-18-16(11-14)17(12-19(24-18)20-3-2-10-26-20)21(25)23-13-15-6-8-22-9-7-15/h2-12H,13H2,1H3,(H,23,25). The number of hydrogen-bond donors (Lipinski definition) is 1. The van der Waals surface area contributed by atoms with Gasteiger partial charge >= 0.3 is 0 Å². The van der Waals surface area contributed by atoms with Crippen LogP contribution >= 0.6 is 0 Å². The van der Waals surface area contributed by atoms with Crippen LogP contribution in [0.4, 0.5) is 0 Å². The SMILES string of the molecule is Cc1ccc2nc(-c3ccco3)cc(C(=O)NCc3ccncc3)c2c1. The smallest absolute Gasteiger partial charge is 0.252 e. The lowest BCUT2D eigenvalue weighted by Crippen LogP contribution is -2.23. The second-order valence-electron chi connectivity index (χ2n) is 6.09. The first-order chi connectivity index (χ1) is 12.7. The molecular formula is C21H17N3O2. The normalized spacial score (nSPS) is 10.8. The minimum Gasteiger partial charge on any atom is -0.463 e. The highest BCUT2D eigenvalue weighted by Gasteiger charge is 2.15. The van der Waals surface area contributed by atoms with E-state index < -0.39 is 0 Å². The van der Waals surface area contributed by atoms with Crippen molar-refractivity contribution in [2.45, 2.75) is 13.5 Å². The zero-order valence-electron chi connectivity index (χ0n) is 14.3. The Morgan fingerprint density at radius 1 is 1.12 bits per heavy atom. The van der Waals surface area contributed by atoms with Crippen molar-refractivity contribution in [3.63, 3.8) is 0 Å². The van der Waals surface area contributed by atoms with Gasteiger partial charge in [0.05, 0.1) is 17.3 Å². The molecule has 1 aromatic carbocycles. The van der Waals surface area contributed by atoms with Crippen LogP contribution in [0.25, 0.3) is 22.4 Å². The van der Waals surface area contributed by atoms with Crippen molar-refractivity contribution in [1.82, 2.24) is 15.3 Å². The number of rotatable bonds is 4. The first-order valence-electron chi connectivity index (χ1n) is 8.33. The molecular weight excluding hydrogens is 326 g/mol. The van der Waals surface area contributed by atoms with E-state index >= 15 is 0 Å². The molecule has 4 rings (SSSR count). The van der Waals surface area contributed by atoms with Gasteiger partial charge < -0.3 is 9.73 Å². The van der Waals surface area contributed by atoms with E-state index in [0.717, 1.165) is 22.0 Å². The molecule has 128 valence electrons. The van der Waals surface area contributed by atoms with Crippen molar-refractivity contribution in [2.75, 3.05) is 0 Å². The summed E-state index contributed by atoms with van der Waals surface area (Å²) in [7, 11) is 0. The molecule has 0 saturated heterocycles. The summed E-state index contributed by atoms with van der Waals surface area (Å²) in [5.74, 6) is 0.489. The second kappa shape index (κ2) is 6.80. The van der Waals surface area contributed by atoms with Gasteiger partial charge in [-0.15, -0.1) is 0 Å². The molecule has 4 aromatic rings. The van der Waals surface area contributed by atoms with Crippen LogP contribution in [0.5, 0.6) is 0 Å². The van der Waals surface area contributed by atoms with Crippen LogP contribution in [0.2, 0.25) is 0 Å². The minimum absolute atomic E-state index is 0.146. The highest BCUT2D eigenvalue weighted by atomic mass is 16.3. The molecule has 3 heterocycles. The van der Waals surface area contributed by atoms with Gasteiger partial charge in [-0.2, -0.15) is 0 Å². The number of furan rings is 1. The Balaban J connectivity index is 1.74. The molecule has 0 radical (unpaired) electrons. The van der Waals surface area contributed by atoms with E-state index in [0.29, 0.717) is 23.6 Å². The summed E-state index contributed by atoms with van der Waals surface area (Å²) in [6.07, 6.45) is 5.02.